The molecule has 1 aromatic carbocycles. The number of benzene rings is 1. The van der Waals surface area contributed by atoms with Crippen LogP contribution in [-0.4, -0.2) is 43.5 Å². The average Bonchev–Trinajstić information content (AvgIpc) is 3.35. The molecule has 0 saturated carbocycles. The molecule has 158 valence electrons. The van der Waals surface area contributed by atoms with Gasteiger partial charge in [0.05, 0.1) is 6.20 Å². The van der Waals surface area contributed by atoms with Crippen molar-refractivity contribution in [2.75, 3.05) is 29.7 Å². The molecule has 2 aliphatic heterocycles. The first-order valence-corrected chi connectivity index (χ1v) is 12.1. The fraction of sp³-hybridized carbons (Fsp3) is 0.526. The van der Waals surface area contributed by atoms with Crippen LogP contribution in [0, 0.1) is 10.9 Å². The van der Waals surface area contributed by atoms with Crippen molar-refractivity contribution in [3.05, 3.63) is 34.8 Å². The molecule has 2 aromatic rings. The summed E-state index contributed by atoms with van der Waals surface area (Å²) in [5.74, 6) is -0.846. The molecule has 0 aliphatic carbocycles. The minimum Gasteiger partial charge on any atom is -0.383 e. The second-order valence-corrected chi connectivity index (χ2v) is 10.3. The number of anilines is 2. The lowest BCUT2D eigenvalue weighted by Gasteiger charge is -2.33. The van der Waals surface area contributed by atoms with E-state index < -0.39 is 25.9 Å². The molecular weight excluding hydrogens is 418 g/mol. The van der Waals surface area contributed by atoms with Gasteiger partial charge < -0.3 is 5.32 Å². The lowest BCUT2D eigenvalue weighted by atomic mass is 9.94. The van der Waals surface area contributed by atoms with E-state index in [2.05, 4.69) is 19.9 Å². The van der Waals surface area contributed by atoms with Gasteiger partial charge in [-0.1, -0.05) is 18.3 Å². The highest BCUT2D eigenvalue weighted by atomic mass is 32.2. The zero-order valence-electron chi connectivity index (χ0n) is 16.2. The molecule has 0 radical (unpaired) electrons. The van der Waals surface area contributed by atoms with Crippen LogP contribution in [0.2, 0.25) is 0 Å². The van der Waals surface area contributed by atoms with E-state index in [4.69, 9.17) is 0 Å². The number of hydrogen-bond acceptors (Lipinski definition) is 6. The van der Waals surface area contributed by atoms with Gasteiger partial charge in [0.2, 0.25) is 0 Å². The van der Waals surface area contributed by atoms with Crippen molar-refractivity contribution in [2.45, 2.75) is 49.5 Å². The maximum Gasteiger partial charge on any atom is 0.266 e. The van der Waals surface area contributed by atoms with Crippen LogP contribution >= 0.6 is 11.3 Å². The standard InChI is InChI=1S/C19H24F2N4O2S2/c1-2-13-9-16(29(26,27)24-18-22-11-17(21)28-18)14(20)10-15(13)23-12-19-5-3-7-25(19)8-4-6-19/h9-11,23H,2-8,12H2,1H3,(H,22,24). The molecule has 4 rings (SSSR count). The van der Waals surface area contributed by atoms with Crippen molar-refractivity contribution in [1.82, 2.24) is 9.88 Å². The molecule has 2 saturated heterocycles. The van der Waals surface area contributed by atoms with E-state index in [1.165, 1.54) is 25.0 Å². The quantitative estimate of drug-likeness (QED) is 0.682. The lowest BCUT2D eigenvalue weighted by molar-refractivity contribution is 0.209. The zero-order chi connectivity index (χ0) is 20.6. The average molecular weight is 443 g/mol. The van der Waals surface area contributed by atoms with Gasteiger partial charge in [0.15, 0.2) is 10.3 Å². The summed E-state index contributed by atoms with van der Waals surface area (Å²) < 4.78 is 55.2. The molecule has 0 amide bonds. The smallest absolute Gasteiger partial charge is 0.266 e. The molecule has 2 aliphatic rings. The second-order valence-electron chi connectivity index (χ2n) is 7.64. The van der Waals surface area contributed by atoms with Gasteiger partial charge in [-0.25, -0.2) is 17.8 Å². The van der Waals surface area contributed by atoms with Gasteiger partial charge in [-0.3, -0.25) is 9.62 Å². The van der Waals surface area contributed by atoms with Crippen LogP contribution in [0.15, 0.2) is 23.2 Å². The van der Waals surface area contributed by atoms with Crippen molar-refractivity contribution >= 4 is 32.2 Å². The third kappa shape index (κ3) is 3.97. The molecular formula is C19H24F2N4O2S2. The molecule has 29 heavy (non-hydrogen) atoms. The molecule has 0 unspecified atom stereocenters. The largest absolute Gasteiger partial charge is 0.383 e. The first kappa shape index (κ1) is 20.5. The Labute approximate surface area is 173 Å². The highest BCUT2D eigenvalue weighted by molar-refractivity contribution is 7.93. The Morgan fingerprint density at radius 1 is 1.24 bits per heavy atom. The predicted molar refractivity (Wildman–Crippen MR) is 110 cm³/mol. The summed E-state index contributed by atoms with van der Waals surface area (Å²) in [7, 11) is -4.21. The summed E-state index contributed by atoms with van der Waals surface area (Å²) in [6, 6.07) is 2.60. The van der Waals surface area contributed by atoms with Gasteiger partial charge in [0.1, 0.15) is 10.7 Å². The minimum atomic E-state index is -4.21. The van der Waals surface area contributed by atoms with Crippen LogP contribution in [0.4, 0.5) is 19.6 Å². The number of thiazole rings is 1. The summed E-state index contributed by atoms with van der Waals surface area (Å²) in [6.45, 7) is 4.84. The van der Waals surface area contributed by atoms with Crippen molar-refractivity contribution in [1.29, 1.82) is 0 Å². The molecule has 2 N–H and O–H groups in total. The van der Waals surface area contributed by atoms with E-state index in [1.54, 1.807) is 0 Å². The van der Waals surface area contributed by atoms with Crippen LogP contribution < -0.4 is 10.0 Å². The van der Waals surface area contributed by atoms with Crippen LogP contribution in [0.3, 0.4) is 0 Å². The van der Waals surface area contributed by atoms with Crippen molar-refractivity contribution in [3.63, 3.8) is 0 Å². The van der Waals surface area contributed by atoms with Crippen molar-refractivity contribution in [3.8, 4) is 0 Å². The Kier molecular flexibility index (Phi) is 5.52. The van der Waals surface area contributed by atoms with E-state index >= 15 is 0 Å². The van der Waals surface area contributed by atoms with E-state index in [1.807, 2.05) is 6.92 Å². The predicted octanol–water partition coefficient (Wildman–Crippen LogP) is 3.82. The zero-order valence-corrected chi connectivity index (χ0v) is 17.8. The summed E-state index contributed by atoms with van der Waals surface area (Å²) in [5, 5.41) is 2.63. The van der Waals surface area contributed by atoms with Crippen LogP contribution in [0.5, 0.6) is 0 Å². The third-order valence-corrected chi connectivity index (χ3v) is 8.13. The molecule has 2 fully saturated rings. The number of nitrogens with zero attached hydrogens (tertiary/aromatic N) is 2. The monoisotopic (exact) mass is 442 g/mol. The normalized spacial score (nSPS) is 18.7. The molecule has 0 bridgehead atoms. The number of sulfonamides is 1. The Hall–Kier alpha value is -1.78. The van der Waals surface area contributed by atoms with E-state index in [9.17, 15) is 17.2 Å². The number of fused-ring (bicyclic) bond motifs is 1. The summed E-state index contributed by atoms with van der Waals surface area (Å²) in [4.78, 5) is 5.68. The van der Waals surface area contributed by atoms with Gasteiger partial charge >= 0.3 is 0 Å². The SMILES string of the molecule is CCc1cc(S(=O)(=O)Nc2ncc(F)s2)c(F)cc1NCC12CCCN1CCC2. The maximum absolute atomic E-state index is 14.8. The fourth-order valence-electron chi connectivity index (χ4n) is 4.50. The van der Waals surface area contributed by atoms with Gasteiger partial charge in [-0.05, 0) is 62.9 Å². The van der Waals surface area contributed by atoms with Gasteiger partial charge in [0, 0.05) is 17.8 Å². The number of aromatic nitrogens is 1. The van der Waals surface area contributed by atoms with Crippen molar-refractivity contribution < 1.29 is 17.2 Å². The third-order valence-electron chi connectivity index (χ3n) is 5.95. The van der Waals surface area contributed by atoms with E-state index in [0.29, 0.717) is 23.4 Å². The molecule has 10 heteroatoms. The lowest BCUT2D eigenvalue weighted by Crippen LogP contribution is -2.44. The Morgan fingerprint density at radius 3 is 2.59 bits per heavy atom. The first-order valence-electron chi connectivity index (χ1n) is 9.78. The maximum atomic E-state index is 14.8. The minimum absolute atomic E-state index is 0.128. The Bertz CT molecular complexity index is 1000. The number of aryl methyl sites for hydroxylation is 1. The molecule has 3 heterocycles. The number of hydrogen-bond donors (Lipinski definition) is 2. The van der Waals surface area contributed by atoms with Crippen molar-refractivity contribution in [2.24, 2.45) is 0 Å². The molecule has 6 nitrogen and oxygen atoms in total. The van der Waals surface area contributed by atoms with E-state index in [-0.39, 0.29) is 10.7 Å². The van der Waals surface area contributed by atoms with Crippen LogP contribution in [0.1, 0.15) is 38.2 Å². The second kappa shape index (κ2) is 7.81. The van der Waals surface area contributed by atoms with Crippen LogP contribution in [0.25, 0.3) is 0 Å². The molecule has 0 spiro atoms. The highest BCUT2D eigenvalue weighted by Gasteiger charge is 2.43. The summed E-state index contributed by atoms with van der Waals surface area (Å²) in [5.41, 5.74) is 1.47. The number of halogens is 2. The van der Waals surface area contributed by atoms with Gasteiger partial charge in [0.25, 0.3) is 10.0 Å². The molecule has 1 aromatic heterocycles. The first-order chi connectivity index (χ1) is 13.8. The van der Waals surface area contributed by atoms with Crippen LogP contribution in [-0.2, 0) is 16.4 Å². The summed E-state index contributed by atoms with van der Waals surface area (Å²) in [6.07, 6.45) is 6.08. The van der Waals surface area contributed by atoms with Gasteiger partial charge in [-0.2, -0.15) is 4.39 Å². The van der Waals surface area contributed by atoms with E-state index in [0.717, 1.165) is 44.2 Å². The number of nitrogens with one attached hydrogen (secondary N) is 2. The number of rotatable bonds is 7. The van der Waals surface area contributed by atoms with Gasteiger partial charge in [-0.15, -0.1) is 0 Å². The highest BCUT2D eigenvalue weighted by Crippen LogP contribution is 2.39. The molecule has 0 atom stereocenters. The topological polar surface area (TPSA) is 74.3 Å². The fourth-order valence-corrected chi connectivity index (χ4v) is 6.40. The Balaban J connectivity index is 1.57. The Morgan fingerprint density at radius 2 is 1.97 bits per heavy atom. The summed E-state index contributed by atoms with van der Waals surface area (Å²) >= 11 is 0.551.